The Hall–Kier alpha value is -1.84. The Balaban J connectivity index is 1.92. The predicted molar refractivity (Wildman–Crippen MR) is 59.7 cm³/mol. The molecular weight excluding hydrogens is 204 g/mol. The molecule has 1 saturated heterocycles. The fourth-order valence-electron chi connectivity index (χ4n) is 1.66. The third-order valence-electron chi connectivity index (χ3n) is 2.73. The van der Waals surface area contributed by atoms with Gasteiger partial charge in [0.05, 0.1) is 6.42 Å². The first-order chi connectivity index (χ1) is 7.60. The molecule has 84 valence electrons. The van der Waals surface area contributed by atoms with Gasteiger partial charge in [-0.1, -0.05) is 30.3 Å². The lowest BCUT2D eigenvalue weighted by atomic mass is 9.93. The van der Waals surface area contributed by atoms with Crippen LogP contribution in [0.2, 0.25) is 0 Å². The molecule has 16 heavy (non-hydrogen) atoms. The van der Waals surface area contributed by atoms with Gasteiger partial charge >= 0.3 is 0 Å². The van der Waals surface area contributed by atoms with Gasteiger partial charge in [0, 0.05) is 6.54 Å². The number of β-lactam (4-membered cyclic amide) rings is 1. The molecule has 0 unspecified atom stereocenters. The Bertz CT molecular complexity index is 416. The summed E-state index contributed by atoms with van der Waals surface area (Å²) in [5.41, 5.74) is 0.231. The van der Waals surface area contributed by atoms with Gasteiger partial charge in [0.25, 0.3) is 0 Å². The Morgan fingerprint density at radius 3 is 2.62 bits per heavy atom. The van der Waals surface area contributed by atoms with E-state index in [1.807, 2.05) is 30.3 Å². The lowest BCUT2D eigenvalue weighted by Crippen LogP contribution is -2.71. The zero-order valence-electron chi connectivity index (χ0n) is 9.12. The van der Waals surface area contributed by atoms with E-state index in [4.69, 9.17) is 0 Å². The molecule has 0 radical (unpaired) electrons. The van der Waals surface area contributed by atoms with Crippen molar-refractivity contribution in [1.29, 1.82) is 0 Å². The first-order valence-corrected chi connectivity index (χ1v) is 5.23. The number of benzene rings is 1. The summed E-state index contributed by atoms with van der Waals surface area (Å²) in [7, 11) is 0. The van der Waals surface area contributed by atoms with Gasteiger partial charge in [-0.25, -0.2) is 0 Å². The molecular formula is C12H14N2O2. The fraction of sp³-hybridized carbons (Fsp3) is 0.333. The number of hydrogen-bond acceptors (Lipinski definition) is 2. The summed E-state index contributed by atoms with van der Waals surface area (Å²) in [6.07, 6.45) is 0.309. The topological polar surface area (TPSA) is 58.2 Å². The Kier molecular flexibility index (Phi) is 2.64. The highest BCUT2D eigenvalue weighted by Crippen LogP contribution is 2.11. The van der Waals surface area contributed by atoms with Crippen molar-refractivity contribution in [2.45, 2.75) is 18.9 Å². The first kappa shape index (κ1) is 10.7. The molecule has 1 aromatic carbocycles. The number of amides is 2. The van der Waals surface area contributed by atoms with Crippen LogP contribution in [0.15, 0.2) is 30.3 Å². The summed E-state index contributed by atoms with van der Waals surface area (Å²) in [6, 6.07) is 9.47. The number of carbonyl (C=O) groups is 2. The van der Waals surface area contributed by atoms with E-state index in [1.165, 1.54) is 0 Å². The average Bonchev–Trinajstić information content (AvgIpc) is 2.28. The van der Waals surface area contributed by atoms with Gasteiger partial charge in [0.2, 0.25) is 11.8 Å². The summed E-state index contributed by atoms with van der Waals surface area (Å²) in [5, 5.41) is 5.35. The molecule has 0 saturated carbocycles. The van der Waals surface area contributed by atoms with Crippen LogP contribution in [-0.4, -0.2) is 23.9 Å². The van der Waals surface area contributed by atoms with Crippen molar-refractivity contribution < 1.29 is 9.59 Å². The Morgan fingerprint density at radius 2 is 2.12 bits per heavy atom. The maximum Gasteiger partial charge on any atom is 0.247 e. The van der Waals surface area contributed by atoms with E-state index in [0.717, 1.165) is 5.56 Å². The number of carbonyl (C=O) groups excluding carboxylic acids is 2. The van der Waals surface area contributed by atoms with Crippen molar-refractivity contribution in [1.82, 2.24) is 10.6 Å². The van der Waals surface area contributed by atoms with Crippen LogP contribution in [0, 0.1) is 0 Å². The highest BCUT2D eigenvalue weighted by Gasteiger charge is 2.42. The van der Waals surface area contributed by atoms with Crippen LogP contribution in [0.4, 0.5) is 0 Å². The highest BCUT2D eigenvalue weighted by atomic mass is 16.2. The van der Waals surface area contributed by atoms with Crippen molar-refractivity contribution in [3.05, 3.63) is 35.9 Å². The Morgan fingerprint density at radius 1 is 1.44 bits per heavy atom. The summed E-state index contributed by atoms with van der Waals surface area (Å²) < 4.78 is 0. The van der Waals surface area contributed by atoms with Gasteiger partial charge in [-0.15, -0.1) is 0 Å². The monoisotopic (exact) mass is 218 g/mol. The zero-order valence-corrected chi connectivity index (χ0v) is 9.12. The van der Waals surface area contributed by atoms with Crippen LogP contribution in [0.5, 0.6) is 0 Å². The summed E-state index contributed by atoms with van der Waals surface area (Å²) in [4.78, 5) is 22.9. The highest BCUT2D eigenvalue weighted by molar-refractivity contribution is 5.96. The predicted octanol–water partition coefficient (Wildman–Crippen LogP) is 0.234. The minimum Gasteiger partial charge on any atom is -0.351 e. The zero-order chi connectivity index (χ0) is 11.6. The van der Waals surface area contributed by atoms with E-state index in [0.29, 0.717) is 13.0 Å². The van der Waals surface area contributed by atoms with Gasteiger partial charge in [-0.05, 0) is 12.5 Å². The largest absolute Gasteiger partial charge is 0.351 e. The third kappa shape index (κ3) is 2.05. The number of nitrogens with one attached hydrogen (secondary N) is 2. The average molecular weight is 218 g/mol. The van der Waals surface area contributed by atoms with Crippen molar-refractivity contribution in [3.8, 4) is 0 Å². The maximum atomic E-state index is 11.7. The van der Waals surface area contributed by atoms with Crippen LogP contribution in [0.25, 0.3) is 0 Å². The maximum absolute atomic E-state index is 11.7. The van der Waals surface area contributed by atoms with E-state index < -0.39 is 5.54 Å². The van der Waals surface area contributed by atoms with E-state index in [9.17, 15) is 9.59 Å². The van der Waals surface area contributed by atoms with Gasteiger partial charge in [0.15, 0.2) is 0 Å². The lowest BCUT2D eigenvalue weighted by molar-refractivity contribution is -0.138. The van der Waals surface area contributed by atoms with Crippen molar-refractivity contribution in [2.24, 2.45) is 0 Å². The molecule has 4 heteroatoms. The second-order valence-electron chi connectivity index (χ2n) is 4.23. The van der Waals surface area contributed by atoms with Crippen LogP contribution in [0.3, 0.4) is 0 Å². The van der Waals surface area contributed by atoms with Crippen LogP contribution in [-0.2, 0) is 16.0 Å². The van der Waals surface area contributed by atoms with Crippen molar-refractivity contribution in [2.75, 3.05) is 6.54 Å². The van der Waals surface area contributed by atoms with Crippen LogP contribution in [0.1, 0.15) is 12.5 Å². The summed E-state index contributed by atoms with van der Waals surface area (Å²) >= 11 is 0. The SMILES string of the molecule is C[C@]1(NC(=O)Cc2ccccc2)CNC1=O. The van der Waals surface area contributed by atoms with E-state index in [-0.39, 0.29) is 11.8 Å². The van der Waals surface area contributed by atoms with Crippen LogP contribution >= 0.6 is 0 Å². The lowest BCUT2D eigenvalue weighted by Gasteiger charge is -2.38. The van der Waals surface area contributed by atoms with Gasteiger partial charge in [-0.2, -0.15) is 0 Å². The molecule has 0 aliphatic carbocycles. The molecule has 0 bridgehead atoms. The molecule has 0 spiro atoms. The molecule has 1 atom stereocenters. The molecule has 1 fully saturated rings. The van der Waals surface area contributed by atoms with Gasteiger partial charge in [0.1, 0.15) is 5.54 Å². The molecule has 1 aliphatic rings. The molecule has 1 heterocycles. The molecule has 2 N–H and O–H groups in total. The quantitative estimate of drug-likeness (QED) is 0.714. The fourth-order valence-corrected chi connectivity index (χ4v) is 1.66. The normalized spacial score (nSPS) is 23.2. The standard InChI is InChI=1S/C12H14N2O2/c1-12(8-13-11(12)16)14-10(15)7-9-5-3-2-4-6-9/h2-6H,7-8H2,1H3,(H,13,16)(H,14,15)/t12-/m0/s1. The minimum atomic E-state index is -0.716. The molecule has 4 nitrogen and oxygen atoms in total. The van der Waals surface area contributed by atoms with Crippen LogP contribution < -0.4 is 10.6 Å². The third-order valence-corrected chi connectivity index (χ3v) is 2.73. The second-order valence-corrected chi connectivity index (χ2v) is 4.23. The van der Waals surface area contributed by atoms with Gasteiger partial charge < -0.3 is 10.6 Å². The van der Waals surface area contributed by atoms with Crippen molar-refractivity contribution >= 4 is 11.8 Å². The minimum absolute atomic E-state index is 0.117. The molecule has 1 aliphatic heterocycles. The molecule has 2 amide bonds. The summed E-state index contributed by atoms with van der Waals surface area (Å²) in [5.74, 6) is -0.238. The molecule has 0 aromatic heterocycles. The second kappa shape index (κ2) is 3.96. The molecule has 2 rings (SSSR count). The van der Waals surface area contributed by atoms with E-state index in [1.54, 1.807) is 6.92 Å². The number of rotatable bonds is 3. The van der Waals surface area contributed by atoms with E-state index >= 15 is 0 Å². The van der Waals surface area contributed by atoms with Crippen molar-refractivity contribution in [3.63, 3.8) is 0 Å². The first-order valence-electron chi connectivity index (χ1n) is 5.23. The van der Waals surface area contributed by atoms with Gasteiger partial charge in [-0.3, -0.25) is 9.59 Å². The smallest absolute Gasteiger partial charge is 0.247 e. The Labute approximate surface area is 94.0 Å². The van der Waals surface area contributed by atoms with E-state index in [2.05, 4.69) is 10.6 Å². The number of hydrogen-bond donors (Lipinski definition) is 2. The summed E-state index contributed by atoms with van der Waals surface area (Å²) in [6.45, 7) is 2.24. The molecule has 1 aromatic rings.